The van der Waals surface area contributed by atoms with Crippen molar-refractivity contribution in [1.29, 1.82) is 0 Å². The van der Waals surface area contributed by atoms with Gasteiger partial charge in [0.15, 0.2) is 0 Å². The Labute approximate surface area is 179 Å². The Balaban J connectivity index is 1.77. The Hall–Kier alpha value is -3.17. The monoisotopic (exact) mass is 443 g/mol. The number of carbonyl (C=O) groups is 2. The van der Waals surface area contributed by atoms with Crippen LogP contribution in [0.5, 0.6) is 0 Å². The molecule has 156 valence electrons. The van der Waals surface area contributed by atoms with E-state index in [4.69, 9.17) is 0 Å². The van der Waals surface area contributed by atoms with Crippen molar-refractivity contribution in [3.63, 3.8) is 0 Å². The molecule has 0 atom stereocenters. The molecule has 0 unspecified atom stereocenters. The van der Waals surface area contributed by atoms with Crippen molar-refractivity contribution < 1.29 is 18.0 Å². The molecule has 1 heterocycles. The van der Waals surface area contributed by atoms with Crippen molar-refractivity contribution in [3.05, 3.63) is 76.2 Å². The molecule has 2 amide bonds. The molecular formula is C21H21N3O4S2. The van der Waals surface area contributed by atoms with Crippen LogP contribution in [0.15, 0.2) is 59.5 Å². The lowest BCUT2D eigenvalue weighted by Gasteiger charge is -2.09. The average molecular weight is 444 g/mol. The van der Waals surface area contributed by atoms with Gasteiger partial charge in [-0.25, -0.2) is 8.42 Å². The molecule has 0 radical (unpaired) electrons. The summed E-state index contributed by atoms with van der Waals surface area (Å²) >= 11 is 1.33. The van der Waals surface area contributed by atoms with Crippen molar-refractivity contribution in [2.45, 2.75) is 18.7 Å². The second-order valence-electron chi connectivity index (χ2n) is 6.52. The van der Waals surface area contributed by atoms with Crippen molar-refractivity contribution >= 4 is 43.9 Å². The number of amides is 2. The number of benzene rings is 2. The third kappa shape index (κ3) is 4.52. The summed E-state index contributed by atoms with van der Waals surface area (Å²) in [5, 5.41) is 5.84. The standard InChI is InChI=1S/C21H21N3O4S2/c1-13-14(2)29-21(18(13)20(26)22-3)23-19(25)15-9-11-16(12-10-15)24-30(27,28)17-7-5-4-6-8-17/h4-12,24H,1-3H3,(H,22,26)(H,23,25). The van der Waals surface area contributed by atoms with Gasteiger partial charge in [-0.05, 0) is 55.8 Å². The first-order valence-corrected chi connectivity index (χ1v) is 11.3. The lowest BCUT2D eigenvalue weighted by molar-refractivity contribution is 0.0963. The maximum absolute atomic E-state index is 12.6. The number of nitrogens with one attached hydrogen (secondary N) is 3. The van der Waals surface area contributed by atoms with E-state index in [0.717, 1.165) is 10.4 Å². The molecule has 9 heteroatoms. The van der Waals surface area contributed by atoms with Gasteiger partial charge in [-0.1, -0.05) is 18.2 Å². The minimum Gasteiger partial charge on any atom is -0.355 e. The fourth-order valence-corrected chi connectivity index (χ4v) is 4.92. The van der Waals surface area contributed by atoms with Crippen LogP contribution in [0.25, 0.3) is 0 Å². The Morgan fingerprint density at radius 1 is 0.900 bits per heavy atom. The highest BCUT2D eigenvalue weighted by atomic mass is 32.2. The average Bonchev–Trinajstić information content (AvgIpc) is 3.01. The van der Waals surface area contributed by atoms with E-state index < -0.39 is 10.0 Å². The Bertz CT molecular complexity index is 1180. The van der Waals surface area contributed by atoms with Crippen LogP contribution in [0, 0.1) is 13.8 Å². The second kappa shape index (κ2) is 8.68. The Morgan fingerprint density at radius 2 is 1.53 bits per heavy atom. The molecule has 0 fully saturated rings. The number of aryl methyl sites for hydroxylation is 1. The predicted octanol–water partition coefficient (Wildman–Crippen LogP) is 3.78. The van der Waals surface area contributed by atoms with Crippen molar-refractivity contribution in [2.75, 3.05) is 17.1 Å². The van der Waals surface area contributed by atoms with Crippen LogP contribution < -0.4 is 15.4 Å². The molecule has 0 bridgehead atoms. The number of thiophene rings is 1. The zero-order chi connectivity index (χ0) is 21.9. The van der Waals surface area contributed by atoms with Gasteiger partial charge < -0.3 is 10.6 Å². The van der Waals surface area contributed by atoms with Crippen LogP contribution in [-0.4, -0.2) is 27.3 Å². The molecule has 3 rings (SSSR count). The molecular weight excluding hydrogens is 422 g/mol. The Kier molecular flexibility index (Phi) is 6.23. The maximum atomic E-state index is 12.6. The third-order valence-electron chi connectivity index (χ3n) is 4.52. The van der Waals surface area contributed by atoms with Crippen molar-refractivity contribution in [2.24, 2.45) is 0 Å². The van der Waals surface area contributed by atoms with Gasteiger partial charge in [0.05, 0.1) is 10.5 Å². The van der Waals surface area contributed by atoms with E-state index in [9.17, 15) is 18.0 Å². The molecule has 30 heavy (non-hydrogen) atoms. The Morgan fingerprint density at radius 3 is 2.13 bits per heavy atom. The molecule has 0 aliphatic carbocycles. The van der Waals surface area contributed by atoms with Gasteiger partial charge in [0.1, 0.15) is 5.00 Å². The first-order valence-electron chi connectivity index (χ1n) is 9.04. The van der Waals surface area contributed by atoms with Crippen molar-refractivity contribution in [3.8, 4) is 0 Å². The van der Waals surface area contributed by atoms with Gasteiger partial charge in [-0.3, -0.25) is 14.3 Å². The molecule has 7 nitrogen and oxygen atoms in total. The van der Waals surface area contributed by atoms with Crippen molar-refractivity contribution in [1.82, 2.24) is 5.32 Å². The van der Waals surface area contributed by atoms with Gasteiger partial charge in [-0.15, -0.1) is 11.3 Å². The molecule has 3 N–H and O–H groups in total. The lowest BCUT2D eigenvalue weighted by atomic mass is 10.1. The van der Waals surface area contributed by atoms with E-state index in [2.05, 4.69) is 15.4 Å². The van der Waals surface area contributed by atoms with E-state index in [0.29, 0.717) is 21.8 Å². The number of carbonyl (C=O) groups excluding carboxylic acids is 2. The topological polar surface area (TPSA) is 104 Å². The fourth-order valence-electron chi connectivity index (χ4n) is 2.79. The van der Waals surface area contributed by atoms with Crippen LogP contribution in [-0.2, 0) is 10.0 Å². The van der Waals surface area contributed by atoms with Gasteiger partial charge in [0, 0.05) is 23.2 Å². The van der Waals surface area contributed by atoms with Gasteiger partial charge >= 0.3 is 0 Å². The summed E-state index contributed by atoms with van der Waals surface area (Å²) < 4.78 is 27.3. The van der Waals surface area contributed by atoms with Crippen LogP contribution in [0.1, 0.15) is 31.2 Å². The lowest BCUT2D eigenvalue weighted by Crippen LogP contribution is -2.21. The number of anilines is 2. The van der Waals surface area contributed by atoms with E-state index in [1.807, 2.05) is 13.8 Å². The molecule has 0 aliphatic heterocycles. The molecule has 0 saturated carbocycles. The zero-order valence-electron chi connectivity index (χ0n) is 16.6. The maximum Gasteiger partial charge on any atom is 0.261 e. The molecule has 0 aliphatic rings. The third-order valence-corrected chi connectivity index (χ3v) is 7.04. The van der Waals surface area contributed by atoms with Gasteiger partial charge in [-0.2, -0.15) is 0 Å². The second-order valence-corrected chi connectivity index (χ2v) is 9.42. The highest BCUT2D eigenvalue weighted by molar-refractivity contribution is 7.92. The molecule has 3 aromatic rings. The van der Waals surface area contributed by atoms with E-state index in [1.165, 1.54) is 54.8 Å². The quantitative estimate of drug-likeness (QED) is 0.539. The number of hydrogen-bond acceptors (Lipinski definition) is 5. The summed E-state index contributed by atoms with van der Waals surface area (Å²) in [4.78, 5) is 25.9. The highest BCUT2D eigenvalue weighted by Crippen LogP contribution is 2.32. The SMILES string of the molecule is CNC(=O)c1c(NC(=O)c2ccc(NS(=O)(=O)c3ccccc3)cc2)sc(C)c1C. The van der Waals surface area contributed by atoms with Crippen LogP contribution in [0.3, 0.4) is 0 Å². The largest absolute Gasteiger partial charge is 0.355 e. The van der Waals surface area contributed by atoms with Crippen LogP contribution >= 0.6 is 11.3 Å². The number of sulfonamides is 1. The van der Waals surface area contributed by atoms with E-state index in [1.54, 1.807) is 18.2 Å². The molecule has 1 aromatic heterocycles. The van der Waals surface area contributed by atoms with E-state index in [-0.39, 0.29) is 16.7 Å². The molecule has 2 aromatic carbocycles. The smallest absolute Gasteiger partial charge is 0.261 e. The number of rotatable bonds is 6. The summed E-state index contributed by atoms with van der Waals surface area (Å²) in [5.74, 6) is -0.656. The summed E-state index contributed by atoms with van der Waals surface area (Å²) in [7, 11) is -2.17. The summed E-state index contributed by atoms with van der Waals surface area (Å²) in [6, 6.07) is 14.1. The number of hydrogen-bond donors (Lipinski definition) is 3. The summed E-state index contributed by atoms with van der Waals surface area (Å²) in [6.07, 6.45) is 0. The van der Waals surface area contributed by atoms with E-state index >= 15 is 0 Å². The molecule has 0 spiro atoms. The summed E-state index contributed by atoms with van der Waals surface area (Å²) in [6.45, 7) is 3.72. The predicted molar refractivity (Wildman–Crippen MR) is 119 cm³/mol. The fraction of sp³-hybridized carbons (Fsp3) is 0.143. The zero-order valence-corrected chi connectivity index (χ0v) is 18.3. The van der Waals surface area contributed by atoms with Gasteiger partial charge in [0.2, 0.25) is 0 Å². The minimum atomic E-state index is -3.71. The first kappa shape index (κ1) is 21.5. The van der Waals surface area contributed by atoms with Gasteiger partial charge in [0.25, 0.3) is 21.8 Å². The highest BCUT2D eigenvalue weighted by Gasteiger charge is 2.21. The minimum absolute atomic E-state index is 0.150. The molecule has 0 saturated heterocycles. The van der Waals surface area contributed by atoms with Crippen LogP contribution in [0.4, 0.5) is 10.7 Å². The first-order chi connectivity index (χ1) is 14.2. The summed E-state index contributed by atoms with van der Waals surface area (Å²) in [5.41, 5.74) is 1.94. The normalized spacial score (nSPS) is 11.0. The van der Waals surface area contributed by atoms with Crippen LogP contribution in [0.2, 0.25) is 0 Å².